The van der Waals surface area contributed by atoms with E-state index in [1.165, 1.54) is 24.8 Å². The molecule has 1 fully saturated rings. The van der Waals surface area contributed by atoms with E-state index in [0.717, 1.165) is 18.8 Å². The lowest BCUT2D eigenvalue weighted by atomic mass is 9.85. The lowest BCUT2D eigenvalue weighted by Crippen LogP contribution is -2.39. The minimum absolute atomic E-state index is 0.0128. The van der Waals surface area contributed by atoms with Gasteiger partial charge in [-0.25, -0.2) is 4.79 Å². The van der Waals surface area contributed by atoms with E-state index in [1.807, 2.05) is 31.0 Å². The van der Waals surface area contributed by atoms with Crippen molar-refractivity contribution < 1.29 is 4.79 Å². The molecule has 1 aliphatic carbocycles. The van der Waals surface area contributed by atoms with Crippen LogP contribution in [0.1, 0.15) is 44.7 Å². The van der Waals surface area contributed by atoms with Crippen LogP contribution < -0.4 is 10.6 Å². The molecule has 2 N–H and O–H groups in total. The summed E-state index contributed by atoms with van der Waals surface area (Å²) in [5.74, 6) is 0.703. The zero-order valence-corrected chi connectivity index (χ0v) is 13.4. The first-order valence-electron chi connectivity index (χ1n) is 7.97. The summed E-state index contributed by atoms with van der Waals surface area (Å²) in [6.45, 7) is 5.80. The number of anilines is 1. The summed E-state index contributed by atoms with van der Waals surface area (Å²) in [7, 11) is 1.94. The maximum Gasteiger partial charge on any atom is 0.321 e. The summed E-state index contributed by atoms with van der Waals surface area (Å²) in [5, 5.41) is 6.20. The highest BCUT2D eigenvalue weighted by Gasteiger charge is 2.22. The molecule has 0 heterocycles. The van der Waals surface area contributed by atoms with Crippen LogP contribution in [0.25, 0.3) is 0 Å². The molecule has 1 unspecified atom stereocenters. The third-order valence-electron chi connectivity index (χ3n) is 4.47. The second-order valence-corrected chi connectivity index (χ2v) is 5.90. The van der Waals surface area contributed by atoms with Gasteiger partial charge in [0.15, 0.2) is 0 Å². The zero-order chi connectivity index (χ0) is 15.2. The number of nitrogens with zero attached hydrogens (tertiary/aromatic N) is 1. The van der Waals surface area contributed by atoms with Gasteiger partial charge in [-0.15, -0.1) is 0 Å². The molecule has 116 valence electrons. The molecule has 4 heteroatoms. The summed E-state index contributed by atoms with van der Waals surface area (Å²) in [6.07, 6.45) is 3.84. The average Bonchev–Trinajstić information content (AvgIpc) is 2.46. The van der Waals surface area contributed by atoms with Crippen molar-refractivity contribution in [3.05, 3.63) is 29.8 Å². The Hall–Kier alpha value is -1.55. The van der Waals surface area contributed by atoms with Crippen LogP contribution in [0.5, 0.6) is 0 Å². The van der Waals surface area contributed by atoms with Crippen molar-refractivity contribution in [1.29, 1.82) is 0 Å². The van der Waals surface area contributed by atoms with Gasteiger partial charge >= 0.3 is 6.03 Å². The molecular weight excluding hydrogens is 262 g/mol. The van der Waals surface area contributed by atoms with Crippen molar-refractivity contribution >= 4 is 11.7 Å². The topological polar surface area (TPSA) is 44.4 Å². The number of carbonyl (C=O) groups excluding carboxylic acids is 1. The van der Waals surface area contributed by atoms with Gasteiger partial charge in [-0.3, -0.25) is 0 Å². The van der Waals surface area contributed by atoms with Crippen LogP contribution in [0.15, 0.2) is 24.3 Å². The van der Waals surface area contributed by atoms with Crippen molar-refractivity contribution in [1.82, 2.24) is 10.2 Å². The molecule has 2 amide bonds. The molecule has 2 rings (SSSR count). The second-order valence-electron chi connectivity index (χ2n) is 5.90. The monoisotopic (exact) mass is 289 g/mol. The van der Waals surface area contributed by atoms with Gasteiger partial charge in [-0.05, 0) is 57.4 Å². The van der Waals surface area contributed by atoms with Crippen LogP contribution in [0.2, 0.25) is 0 Å². The zero-order valence-electron chi connectivity index (χ0n) is 13.4. The van der Waals surface area contributed by atoms with Crippen molar-refractivity contribution in [3.8, 4) is 0 Å². The van der Waals surface area contributed by atoms with Gasteiger partial charge in [0.25, 0.3) is 0 Å². The summed E-state index contributed by atoms with van der Waals surface area (Å²) in [6, 6.07) is 8.38. The van der Waals surface area contributed by atoms with E-state index in [0.29, 0.717) is 12.0 Å². The molecule has 21 heavy (non-hydrogen) atoms. The number of amides is 2. The van der Waals surface area contributed by atoms with Crippen molar-refractivity contribution in [2.24, 2.45) is 5.92 Å². The highest BCUT2D eigenvalue weighted by Crippen LogP contribution is 2.27. The molecule has 4 nitrogen and oxygen atoms in total. The maximum absolute atomic E-state index is 12.3. The SMILES string of the molecule is CCN(CC1CCC1)C(=O)Nc1ccc(C(C)NC)cc1. The third kappa shape index (κ3) is 4.21. The summed E-state index contributed by atoms with van der Waals surface area (Å²) >= 11 is 0. The fourth-order valence-electron chi connectivity index (χ4n) is 2.57. The van der Waals surface area contributed by atoms with E-state index >= 15 is 0 Å². The molecule has 1 saturated carbocycles. The lowest BCUT2D eigenvalue weighted by molar-refractivity contribution is 0.182. The average molecular weight is 289 g/mol. The summed E-state index contributed by atoms with van der Waals surface area (Å²) < 4.78 is 0. The van der Waals surface area contributed by atoms with Gasteiger partial charge in [0.2, 0.25) is 0 Å². The molecule has 0 aliphatic heterocycles. The number of hydrogen-bond donors (Lipinski definition) is 2. The van der Waals surface area contributed by atoms with Crippen LogP contribution in [0.3, 0.4) is 0 Å². The van der Waals surface area contributed by atoms with E-state index in [1.54, 1.807) is 0 Å². The Bertz CT molecular complexity index is 454. The molecule has 0 bridgehead atoms. The Morgan fingerprint density at radius 1 is 1.33 bits per heavy atom. The first-order valence-corrected chi connectivity index (χ1v) is 7.97. The van der Waals surface area contributed by atoms with Crippen LogP contribution >= 0.6 is 0 Å². The van der Waals surface area contributed by atoms with Crippen molar-refractivity contribution in [2.45, 2.75) is 39.2 Å². The van der Waals surface area contributed by atoms with E-state index < -0.39 is 0 Å². The van der Waals surface area contributed by atoms with Crippen LogP contribution in [0.4, 0.5) is 10.5 Å². The largest absolute Gasteiger partial charge is 0.325 e. The van der Waals surface area contributed by atoms with E-state index in [-0.39, 0.29) is 6.03 Å². The Kier molecular flexibility index (Phi) is 5.62. The first-order chi connectivity index (χ1) is 10.1. The van der Waals surface area contributed by atoms with E-state index in [9.17, 15) is 4.79 Å². The Morgan fingerprint density at radius 2 is 2.00 bits per heavy atom. The number of carbonyl (C=O) groups is 1. The maximum atomic E-state index is 12.3. The smallest absolute Gasteiger partial charge is 0.321 e. The van der Waals surface area contributed by atoms with Crippen LogP contribution in [-0.4, -0.2) is 31.1 Å². The van der Waals surface area contributed by atoms with Crippen LogP contribution in [0, 0.1) is 5.92 Å². The van der Waals surface area contributed by atoms with Gasteiger partial charge < -0.3 is 15.5 Å². The molecule has 1 aromatic rings. The normalized spacial score (nSPS) is 16.1. The van der Waals surface area contributed by atoms with Gasteiger partial charge in [-0.2, -0.15) is 0 Å². The third-order valence-corrected chi connectivity index (χ3v) is 4.47. The Morgan fingerprint density at radius 3 is 2.48 bits per heavy atom. The number of nitrogens with one attached hydrogen (secondary N) is 2. The molecule has 1 aromatic carbocycles. The van der Waals surface area contributed by atoms with Gasteiger partial charge in [0, 0.05) is 24.8 Å². The van der Waals surface area contributed by atoms with Gasteiger partial charge in [0.1, 0.15) is 0 Å². The van der Waals surface area contributed by atoms with Crippen molar-refractivity contribution in [2.75, 3.05) is 25.5 Å². The van der Waals surface area contributed by atoms with Gasteiger partial charge in [0.05, 0.1) is 0 Å². The summed E-state index contributed by atoms with van der Waals surface area (Å²) in [5.41, 5.74) is 2.08. The molecule has 1 aliphatic rings. The van der Waals surface area contributed by atoms with Gasteiger partial charge in [-0.1, -0.05) is 18.6 Å². The van der Waals surface area contributed by atoms with E-state index in [4.69, 9.17) is 0 Å². The predicted molar refractivity (Wildman–Crippen MR) is 87.5 cm³/mol. The van der Waals surface area contributed by atoms with Crippen molar-refractivity contribution in [3.63, 3.8) is 0 Å². The number of rotatable bonds is 6. The lowest BCUT2D eigenvalue weighted by Gasteiger charge is -2.31. The highest BCUT2D eigenvalue weighted by atomic mass is 16.2. The first kappa shape index (κ1) is 15.8. The number of urea groups is 1. The van der Waals surface area contributed by atoms with E-state index in [2.05, 4.69) is 29.7 Å². The summed E-state index contributed by atoms with van der Waals surface area (Å²) in [4.78, 5) is 14.2. The second kappa shape index (κ2) is 7.46. The minimum atomic E-state index is 0.0128. The fraction of sp³-hybridized carbons (Fsp3) is 0.588. The number of benzene rings is 1. The molecule has 0 saturated heterocycles. The Labute approximate surface area is 127 Å². The highest BCUT2D eigenvalue weighted by molar-refractivity contribution is 5.89. The molecule has 0 radical (unpaired) electrons. The molecule has 0 aromatic heterocycles. The Balaban J connectivity index is 1.91. The number of hydrogen-bond acceptors (Lipinski definition) is 2. The standard InChI is InChI=1S/C17H27N3O/c1-4-20(12-14-6-5-7-14)17(21)19-16-10-8-15(9-11-16)13(2)18-3/h8-11,13-14,18H,4-7,12H2,1-3H3,(H,19,21). The van der Waals surface area contributed by atoms with Crippen LogP contribution in [-0.2, 0) is 0 Å². The molecule has 0 spiro atoms. The minimum Gasteiger partial charge on any atom is -0.325 e. The fourth-order valence-corrected chi connectivity index (χ4v) is 2.57. The molecular formula is C17H27N3O. The molecule has 1 atom stereocenters. The quantitative estimate of drug-likeness (QED) is 0.840. The predicted octanol–water partition coefficient (Wildman–Crippen LogP) is 3.62.